The van der Waals surface area contributed by atoms with Crippen LogP contribution in [-0.2, 0) is 49.3 Å². The number of carbonyl (C=O) groups is 3. The minimum Gasteiger partial charge on any atom is -0.459 e. The molecule has 8 N–H and O–H groups in total. The van der Waals surface area contributed by atoms with E-state index in [4.69, 9.17) is 28.4 Å². The molecule has 26 atom stereocenters. The molecule has 1 amide bonds. The van der Waals surface area contributed by atoms with E-state index in [-0.39, 0.29) is 82.4 Å². The van der Waals surface area contributed by atoms with Gasteiger partial charge in [0.25, 0.3) is 5.91 Å². The molecule has 21 heteroatoms. The highest BCUT2D eigenvalue weighted by Gasteiger charge is 2.76. The van der Waals surface area contributed by atoms with Gasteiger partial charge in [0.15, 0.2) is 29.6 Å². The number of allylic oxidation sites excluding steroid dienone is 4. The van der Waals surface area contributed by atoms with E-state index < -0.39 is 172 Å². The first-order valence-corrected chi connectivity index (χ1v) is 32.3. The summed E-state index contributed by atoms with van der Waals surface area (Å²) in [6.07, 6.45) is -10.0. The number of carbonyl (C=O) groups excluding carboxylic acids is 3. The summed E-state index contributed by atoms with van der Waals surface area (Å²) in [5, 5.41) is 89.3. The largest absolute Gasteiger partial charge is 0.459 e. The van der Waals surface area contributed by atoms with E-state index in [1.54, 1.807) is 62.3 Å². The molecule has 5 fully saturated rings. The van der Waals surface area contributed by atoms with E-state index in [1.807, 2.05) is 56.1 Å². The highest BCUT2D eigenvalue weighted by molar-refractivity contribution is 5.94. The van der Waals surface area contributed by atoms with Crippen LogP contribution in [0.3, 0.4) is 0 Å². The van der Waals surface area contributed by atoms with E-state index in [0.29, 0.717) is 13.0 Å². The predicted molar refractivity (Wildman–Crippen MR) is 323 cm³/mol. The van der Waals surface area contributed by atoms with Gasteiger partial charge in [-0.05, 0) is 136 Å². The summed E-state index contributed by atoms with van der Waals surface area (Å²) in [7, 11) is 3.41. The van der Waals surface area contributed by atoms with Crippen molar-refractivity contribution >= 4 is 17.7 Å². The Morgan fingerprint density at radius 3 is 2.20 bits per heavy atom. The van der Waals surface area contributed by atoms with Gasteiger partial charge in [0.1, 0.15) is 35.8 Å². The minimum absolute atomic E-state index is 0.00458. The quantitative estimate of drug-likeness (QED) is 0.0785. The fourth-order valence-electron chi connectivity index (χ4n) is 17.4. The Morgan fingerprint density at radius 1 is 0.886 bits per heavy atom. The molecule has 88 heavy (non-hydrogen) atoms. The average molecular weight is 1250 g/mol. The highest BCUT2D eigenvalue weighted by atomic mass is 19.1. The number of aliphatic hydroxyl groups excluding tert-OH is 4. The number of ketones is 1. The van der Waals surface area contributed by atoms with Crippen molar-refractivity contribution in [3.05, 3.63) is 59.4 Å². The van der Waals surface area contributed by atoms with Crippen LogP contribution < -0.4 is 5.32 Å². The summed E-state index contributed by atoms with van der Waals surface area (Å²) in [4.78, 5) is 46.0. The van der Waals surface area contributed by atoms with Gasteiger partial charge in [-0.3, -0.25) is 24.2 Å². The lowest BCUT2D eigenvalue weighted by Crippen LogP contribution is -2.70. The molecule has 1 aromatic rings. The number of likely N-dealkylation sites (N-methyl/N-ethyl adjacent to an activating group) is 1. The van der Waals surface area contributed by atoms with Gasteiger partial charge in [0, 0.05) is 87.3 Å². The molecule has 7 aliphatic rings. The molecule has 2 unspecified atom stereocenters. The number of halogens is 2. The third-order valence-electron chi connectivity index (χ3n) is 22.7. The summed E-state index contributed by atoms with van der Waals surface area (Å²) in [5.41, 5.74) is -11.4. The number of rotatable bonds is 14. The number of nitrogens with zero attached hydrogens (tertiary/aromatic N) is 2. The standard InChI is InChI=1S/C67H105F2N3O16/c1-16-51-65(13,81)55(76)41(7)72(26-20-25-70-60(79)67(82)37(3)27-45-46-30-48(68)47-29-44(73)23-24-61(47,9)66(46,69)50(74)32-62(45,67)10)34-36(2)31-63(11,80)57(88-59-53(75)49(28-38(4)84-59)71(14)35-43-21-18-17-19-22-43)39(5)54(40(6)58(78)86-51)87-52-33-64(12,83-15)56(77)42(8)85-52/h17-19,21-24,36-42,45-46,49-57,59,74-77,80-82H,16,20,25-35H2,1-15H3,(H,70,79)/t36-,37-,38-,39+,40-,41-,42+,45?,46?,49+,50+,51-,52+,53-,54+,55-,56+,57-,59+,61+,62+,63-,64-,65-,66+,67+/m1/s1. The first-order valence-electron chi connectivity index (χ1n) is 32.3. The summed E-state index contributed by atoms with van der Waals surface area (Å²) in [6, 6.07) is 8.57. The lowest BCUT2D eigenvalue weighted by molar-refractivity contribution is -0.318. The van der Waals surface area contributed by atoms with E-state index in [9.17, 15) is 50.1 Å². The highest BCUT2D eigenvalue weighted by Crippen LogP contribution is 2.71. The molecule has 3 heterocycles. The van der Waals surface area contributed by atoms with Crippen molar-refractivity contribution in [2.45, 2.75) is 262 Å². The molecule has 1 aromatic carbocycles. The second-order valence-electron chi connectivity index (χ2n) is 29.1. The number of ether oxygens (including phenoxy) is 6. The average Bonchev–Trinajstić information content (AvgIpc) is 1.32. The Hall–Kier alpha value is -3.39. The van der Waals surface area contributed by atoms with Crippen molar-refractivity contribution < 1.29 is 87.3 Å². The van der Waals surface area contributed by atoms with Crippen LogP contribution in [0, 0.1) is 46.3 Å². The second kappa shape index (κ2) is 26.5. The van der Waals surface area contributed by atoms with Gasteiger partial charge in [0.2, 0.25) is 0 Å². The van der Waals surface area contributed by atoms with Crippen molar-refractivity contribution in [2.24, 2.45) is 46.3 Å². The maximum absolute atomic E-state index is 18.0. The number of hydrogen-bond acceptors (Lipinski definition) is 18. The Morgan fingerprint density at radius 2 is 1.56 bits per heavy atom. The van der Waals surface area contributed by atoms with E-state index in [0.717, 1.165) is 5.56 Å². The summed E-state index contributed by atoms with van der Waals surface area (Å²) in [6.45, 7) is 22.9. The maximum atomic E-state index is 18.0. The van der Waals surface area contributed by atoms with E-state index in [1.165, 1.54) is 33.1 Å². The fraction of sp³-hybridized carbons (Fsp3) is 0.806. The number of hydrogen-bond donors (Lipinski definition) is 8. The predicted octanol–water partition coefficient (Wildman–Crippen LogP) is 5.99. The van der Waals surface area contributed by atoms with Crippen LogP contribution in [0.25, 0.3) is 0 Å². The molecule has 2 saturated carbocycles. The molecule has 3 aliphatic heterocycles. The fourth-order valence-corrected chi connectivity index (χ4v) is 17.4. The number of alkyl halides is 1. The lowest BCUT2D eigenvalue weighted by atomic mass is 9.45. The zero-order valence-corrected chi connectivity index (χ0v) is 54.7. The number of fused-ring (bicyclic) bond motifs is 5. The van der Waals surface area contributed by atoms with Crippen molar-refractivity contribution in [2.75, 3.05) is 33.8 Å². The molecule has 19 nitrogen and oxygen atoms in total. The van der Waals surface area contributed by atoms with E-state index >= 15 is 8.78 Å². The molecular formula is C67H105F2N3O16. The summed E-state index contributed by atoms with van der Waals surface area (Å²) in [5.74, 6) is -7.54. The van der Waals surface area contributed by atoms with Crippen LogP contribution in [0.4, 0.5) is 8.78 Å². The lowest BCUT2D eigenvalue weighted by Gasteiger charge is -2.62. The Balaban J connectivity index is 1.07. The van der Waals surface area contributed by atoms with Gasteiger partial charge in [0.05, 0.1) is 47.6 Å². The van der Waals surface area contributed by atoms with Gasteiger partial charge in [-0.15, -0.1) is 0 Å². The Labute approximate surface area is 519 Å². The number of aliphatic hydroxyl groups is 7. The van der Waals surface area contributed by atoms with Crippen molar-refractivity contribution in [1.82, 2.24) is 15.1 Å². The number of esters is 1. The molecule has 0 spiro atoms. The topological polar surface area (TPSA) is 267 Å². The Bertz CT molecular complexity index is 2690. The summed E-state index contributed by atoms with van der Waals surface area (Å²) >= 11 is 0. The zero-order chi connectivity index (χ0) is 65.2. The van der Waals surface area contributed by atoms with Crippen LogP contribution in [0.15, 0.2) is 53.9 Å². The molecule has 4 aliphatic carbocycles. The van der Waals surface area contributed by atoms with Crippen LogP contribution in [-0.4, -0.2) is 205 Å². The SMILES string of the molecule is CC[C@H]1OC(=O)[C@H](C)[C@@H](O[C@H]2C[C@@](C)(OC)[C@@H](O)[C@H](C)O2)[C@H](C)[C@@H](O[C@@H]2O[C@H](C)C[C@H](N(C)Cc3ccccc3)[C@H]2O)[C@](C)(O)C[C@@H](C)CN(CCCNC(=O)[C@@]2(O)[C@H](C)CC3C4CC(F)=C5CC(=O)C=C[C@]5(C)[C@@]4(F)[C@@H](O)C[C@@]32C)[C@H](C)[C@@H](O)[C@]1(C)O. The monoisotopic (exact) mass is 1250 g/mol. The maximum Gasteiger partial charge on any atom is 0.311 e. The van der Waals surface area contributed by atoms with Crippen molar-refractivity contribution in [3.8, 4) is 0 Å². The van der Waals surface area contributed by atoms with Gasteiger partial charge in [-0.1, -0.05) is 71.0 Å². The molecule has 8 rings (SSSR count). The van der Waals surface area contributed by atoms with Gasteiger partial charge < -0.3 is 69.5 Å². The van der Waals surface area contributed by atoms with Crippen molar-refractivity contribution in [1.29, 1.82) is 0 Å². The second-order valence-corrected chi connectivity index (χ2v) is 29.1. The van der Waals surface area contributed by atoms with Crippen LogP contribution in [0.5, 0.6) is 0 Å². The third kappa shape index (κ3) is 12.8. The van der Waals surface area contributed by atoms with E-state index in [2.05, 4.69) is 10.2 Å². The minimum atomic E-state index is -2.38. The van der Waals surface area contributed by atoms with Crippen LogP contribution in [0.1, 0.15) is 153 Å². The van der Waals surface area contributed by atoms with Gasteiger partial charge in [-0.25, -0.2) is 8.78 Å². The third-order valence-corrected chi connectivity index (χ3v) is 22.7. The molecular weight excluding hydrogens is 1140 g/mol. The number of methoxy groups -OCH3 is 1. The number of amides is 1. The number of cyclic esters (lactones) is 1. The number of nitrogens with one attached hydrogen (secondary N) is 1. The van der Waals surface area contributed by atoms with Crippen LogP contribution >= 0.6 is 0 Å². The molecule has 0 bridgehead atoms. The molecule has 0 radical (unpaired) electrons. The molecule has 3 saturated heterocycles. The molecule has 0 aromatic heterocycles. The first-order chi connectivity index (χ1) is 41.0. The van der Waals surface area contributed by atoms with Gasteiger partial charge >= 0.3 is 5.97 Å². The van der Waals surface area contributed by atoms with Crippen molar-refractivity contribution in [3.63, 3.8) is 0 Å². The number of benzene rings is 1. The normalized spacial score (nSPS) is 47.4. The zero-order valence-electron chi connectivity index (χ0n) is 54.7. The molecule has 498 valence electrons. The Kier molecular flexibility index (Phi) is 21.3. The first kappa shape index (κ1) is 70.5. The summed E-state index contributed by atoms with van der Waals surface area (Å²) < 4.78 is 72.9. The smallest absolute Gasteiger partial charge is 0.311 e. The van der Waals surface area contributed by atoms with Crippen LogP contribution in [0.2, 0.25) is 0 Å². The van der Waals surface area contributed by atoms with Gasteiger partial charge in [-0.2, -0.15) is 0 Å².